The van der Waals surface area contributed by atoms with Crippen LogP contribution in [0.25, 0.3) is 0 Å². The first kappa shape index (κ1) is 22.2. The van der Waals surface area contributed by atoms with E-state index in [0.717, 1.165) is 10.8 Å². The number of esters is 1. The van der Waals surface area contributed by atoms with Crippen molar-refractivity contribution in [1.29, 1.82) is 0 Å². The molecule has 0 unspecified atom stereocenters. The maximum absolute atomic E-state index is 11.1. The fraction of sp³-hybridized carbons (Fsp3) is 0.947. The van der Waals surface area contributed by atoms with Crippen LogP contribution in [0.4, 0.5) is 0 Å². The van der Waals surface area contributed by atoms with Gasteiger partial charge in [-0.25, -0.2) is 0 Å². The molecule has 0 N–H and O–H groups in total. The highest BCUT2D eigenvalue weighted by Gasteiger charge is 2.00. The number of unbranched alkanes of at least 4 members (excludes halogenated alkanes) is 13. The number of carbonyl (C=O) groups is 1. The third-order valence-electron chi connectivity index (χ3n) is 4.06. The van der Waals surface area contributed by atoms with E-state index < -0.39 is 0 Å². The first-order valence-corrected chi connectivity index (χ1v) is 11.1. The molecule has 0 aromatic rings. The van der Waals surface area contributed by atoms with E-state index >= 15 is 0 Å². The van der Waals surface area contributed by atoms with Crippen molar-refractivity contribution < 1.29 is 9.53 Å². The van der Waals surface area contributed by atoms with Crippen molar-refractivity contribution in [3.05, 3.63) is 0 Å². The van der Waals surface area contributed by atoms with Crippen molar-refractivity contribution in [2.24, 2.45) is 0 Å². The van der Waals surface area contributed by atoms with Gasteiger partial charge in [-0.2, -0.15) is 0 Å². The zero-order valence-electron chi connectivity index (χ0n) is 14.7. The van der Waals surface area contributed by atoms with Gasteiger partial charge in [0.25, 0.3) is 0 Å². The molecule has 3 heteroatoms. The standard InChI is InChI=1S/C19H37IO2/c1-2-3-4-5-6-7-8-9-10-11-12-13-14-15-18-22-19(21)16-17-20/h2-18H2,1H3. The molecule has 0 amide bonds. The summed E-state index contributed by atoms with van der Waals surface area (Å²) in [6, 6.07) is 0. The Bertz CT molecular complexity index is 231. The third kappa shape index (κ3) is 18.2. The maximum atomic E-state index is 11.1. The van der Waals surface area contributed by atoms with E-state index in [1.165, 1.54) is 83.5 Å². The van der Waals surface area contributed by atoms with Gasteiger partial charge in [0.1, 0.15) is 0 Å². The zero-order valence-corrected chi connectivity index (χ0v) is 16.9. The summed E-state index contributed by atoms with van der Waals surface area (Å²) >= 11 is 2.20. The van der Waals surface area contributed by atoms with E-state index in [4.69, 9.17) is 4.74 Å². The van der Waals surface area contributed by atoms with Crippen LogP contribution in [-0.2, 0) is 9.53 Å². The van der Waals surface area contributed by atoms with Crippen LogP contribution >= 0.6 is 22.6 Å². The number of hydrogen-bond acceptors (Lipinski definition) is 2. The Balaban J connectivity index is 3.01. The number of rotatable bonds is 17. The van der Waals surface area contributed by atoms with E-state index in [-0.39, 0.29) is 5.97 Å². The molecule has 0 rings (SSSR count). The molecule has 2 nitrogen and oxygen atoms in total. The molecule has 22 heavy (non-hydrogen) atoms. The fourth-order valence-corrected chi connectivity index (χ4v) is 3.07. The highest BCUT2D eigenvalue weighted by Crippen LogP contribution is 2.12. The van der Waals surface area contributed by atoms with Gasteiger partial charge in [0.15, 0.2) is 0 Å². The summed E-state index contributed by atoms with van der Waals surface area (Å²) in [7, 11) is 0. The molecule has 0 aromatic heterocycles. The van der Waals surface area contributed by atoms with Gasteiger partial charge in [-0.05, 0) is 6.42 Å². The van der Waals surface area contributed by atoms with Gasteiger partial charge in [-0.3, -0.25) is 4.79 Å². The molecule has 0 aliphatic heterocycles. The lowest BCUT2D eigenvalue weighted by Crippen LogP contribution is -2.05. The van der Waals surface area contributed by atoms with E-state index in [1.54, 1.807) is 0 Å². The van der Waals surface area contributed by atoms with E-state index in [0.29, 0.717) is 13.0 Å². The second-order valence-electron chi connectivity index (χ2n) is 6.26. The van der Waals surface area contributed by atoms with Gasteiger partial charge >= 0.3 is 5.97 Å². The van der Waals surface area contributed by atoms with Crippen LogP contribution in [0.3, 0.4) is 0 Å². The summed E-state index contributed by atoms with van der Waals surface area (Å²) in [5, 5.41) is 0. The number of halogens is 1. The lowest BCUT2D eigenvalue weighted by molar-refractivity contribution is -0.143. The topological polar surface area (TPSA) is 26.3 Å². The van der Waals surface area contributed by atoms with Crippen LogP contribution < -0.4 is 0 Å². The Morgan fingerprint density at radius 2 is 1.14 bits per heavy atom. The van der Waals surface area contributed by atoms with Crippen molar-refractivity contribution >= 4 is 28.6 Å². The Kier molecular flexibility index (Phi) is 19.4. The molecule has 0 saturated carbocycles. The molecule has 0 spiro atoms. The van der Waals surface area contributed by atoms with E-state index in [1.807, 2.05) is 0 Å². The number of hydrogen-bond donors (Lipinski definition) is 0. The molecule has 0 fully saturated rings. The van der Waals surface area contributed by atoms with Crippen LogP contribution in [0.2, 0.25) is 0 Å². The molecule has 0 saturated heterocycles. The van der Waals surface area contributed by atoms with Gasteiger partial charge in [0.2, 0.25) is 0 Å². The monoisotopic (exact) mass is 424 g/mol. The minimum atomic E-state index is -0.0379. The summed E-state index contributed by atoms with van der Waals surface area (Å²) in [6.07, 6.45) is 19.6. The molecule has 0 atom stereocenters. The van der Waals surface area contributed by atoms with E-state index in [2.05, 4.69) is 29.5 Å². The zero-order chi connectivity index (χ0) is 16.3. The minimum absolute atomic E-state index is 0.0379. The molecule has 132 valence electrons. The number of carbonyl (C=O) groups excluding carboxylic acids is 1. The van der Waals surface area contributed by atoms with Crippen molar-refractivity contribution in [2.45, 2.75) is 103 Å². The molecule has 0 aliphatic carbocycles. The predicted octanol–water partition coefficient (Wildman–Crippen LogP) is 6.84. The summed E-state index contributed by atoms with van der Waals surface area (Å²) in [4.78, 5) is 11.1. The number of ether oxygens (including phenoxy) is 1. The van der Waals surface area contributed by atoms with Crippen LogP contribution in [0.5, 0.6) is 0 Å². The molecular formula is C19H37IO2. The summed E-state index contributed by atoms with van der Waals surface area (Å²) in [5.74, 6) is -0.0379. The van der Waals surface area contributed by atoms with Crippen molar-refractivity contribution in [3.8, 4) is 0 Å². The SMILES string of the molecule is CCCCCCCCCCCCCCCCOC(=O)CCI. The van der Waals surface area contributed by atoms with Crippen molar-refractivity contribution in [3.63, 3.8) is 0 Å². The Labute approximate surface area is 152 Å². The first-order valence-electron chi connectivity index (χ1n) is 9.52. The lowest BCUT2D eigenvalue weighted by Gasteiger charge is -2.04. The first-order chi connectivity index (χ1) is 10.8. The van der Waals surface area contributed by atoms with Gasteiger partial charge in [-0.15, -0.1) is 0 Å². The van der Waals surface area contributed by atoms with Gasteiger partial charge in [0.05, 0.1) is 13.0 Å². The fourth-order valence-electron chi connectivity index (χ4n) is 2.63. The van der Waals surface area contributed by atoms with Gasteiger partial charge in [0, 0.05) is 4.43 Å². The smallest absolute Gasteiger partial charge is 0.306 e. The average molecular weight is 424 g/mol. The van der Waals surface area contributed by atoms with Crippen molar-refractivity contribution in [2.75, 3.05) is 11.0 Å². The second kappa shape index (κ2) is 19.2. The third-order valence-corrected chi connectivity index (χ3v) is 4.60. The quantitative estimate of drug-likeness (QED) is 0.111. The second-order valence-corrected chi connectivity index (χ2v) is 7.33. The van der Waals surface area contributed by atoms with E-state index in [9.17, 15) is 4.79 Å². The molecule has 0 heterocycles. The summed E-state index contributed by atoms with van der Waals surface area (Å²) in [6.45, 7) is 2.90. The van der Waals surface area contributed by atoms with Crippen LogP contribution in [0, 0.1) is 0 Å². The molecular weight excluding hydrogens is 387 g/mol. The average Bonchev–Trinajstić information content (AvgIpc) is 2.51. The largest absolute Gasteiger partial charge is 0.466 e. The van der Waals surface area contributed by atoms with Gasteiger partial charge in [-0.1, -0.05) is 113 Å². The molecule has 0 aromatic carbocycles. The normalized spacial score (nSPS) is 10.8. The molecule has 0 bridgehead atoms. The van der Waals surface area contributed by atoms with Gasteiger partial charge < -0.3 is 4.74 Å². The van der Waals surface area contributed by atoms with Crippen LogP contribution in [-0.4, -0.2) is 17.0 Å². The Morgan fingerprint density at radius 1 is 0.727 bits per heavy atom. The Morgan fingerprint density at radius 3 is 1.55 bits per heavy atom. The lowest BCUT2D eigenvalue weighted by atomic mass is 10.0. The summed E-state index contributed by atoms with van der Waals surface area (Å²) < 4.78 is 6.00. The molecule has 0 radical (unpaired) electrons. The maximum Gasteiger partial charge on any atom is 0.306 e. The summed E-state index contributed by atoms with van der Waals surface area (Å²) in [5.41, 5.74) is 0. The number of alkyl halides is 1. The van der Waals surface area contributed by atoms with Crippen LogP contribution in [0.1, 0.15) is 103 Å². The van der Waals surface area contributed by atoms with Crippen molar-refractivity contribution in [1.82, 2.24) is 0 Å². The minimum Gasteiger partial charge on any atom is -0.466 e. The molecule has 0 aliphatic rings. The Hall–Kier alpha value is 0.200. The highest BCUT2D eigenvalue weighted by atomic mass is 127. The van der Waals surface area contributed by atoms with Crippen LogP contribution in [0.15, 0.2) is 0 Å². The predicted molar refractivity (Wildman–Crippen MR) is 105 cm³/mol. The highest BCUT2D eigenvalue weighted by molar-refractivity contribution is 14.1.